The van der Waals surface area contributed by atoms with Crippen molar-refractivity contribution in [2.45, 2.75) is 6.92 Å². The van der Waals surface area contributed by atoms with Crippen LogP contribution in [0.15, 0.2) is 16.4 Å². The molecule has 3 rings (SSSR count). The van der Waals surface area contributed by atoms with Crippen molar-refractivity contribution >= 4 is 33.7 Å². The van der Waals surface area contributed by atoms with Crippen LogP contribution in [0.5, 0.6) is 0 Å². The van der Waals surface area contributed by atoms with Gasteiger partial charge in [-0.2, -0.15) is 0 Å². The smallest absolute Gasteiger partial charge is 0.260 e. The summed E-state index contributed by atoms with van der Waals surface area (Å²) in [5.41, 5.74) is 1.69. The maximum atomic E-state index is 12.0. The quantitative estimate of drug-likeness (QED) is 0.769. The van der Waals surface area contributed by atoms with Gasteiger partial charge in [0.25, 0.3) is 5.56 Å². The minimum absolute atomic E-state index is 0.105. The minimum Gasteiger partial charge on any atom is -0.306 e. The van der Waals surface area contributed by atoms with Crippen LogP contribution < -0.4 is 5.56 Å². The molecule has 0 unspecified atom stereocenters. The van der Waals surface area contributed by atoms with Gasteiger partial charge in [0.1, 0.15) is 10.7 Å². The van der Waals surface area contributed by atoms with Crippen molar-refractivity contribution in [1.29, 1.82) is 0 Å². The molecule has 0 radical (unpaired) electrons. The van der Waals surface area contributed by atoms with Crippen LogP contribution in [0.3, 0.4) is 0 Å². The van der Waals surface area contributed by atoms with Crippen LogP contribution in [0.2, 0.25) is 0 Å². The van der Waals surface area contributed by atoms with Gasteiger partial charge >= 0.3 is 0 Å². The van der Waals surface area contributed by atoms with Gasteiger partial charge < -0.3 is 4.98 Å². The Morgan fingerprint density at radius 3 is 3.00 bits per heavy atom. The van der Waals surface area contributed by atoms with E-state index in [4.69, 9.17) is 0 Å². The minimum atomic E-state index is -0.105. The standard InChI is InChI=1S/C12H11N5OS/c1-7-6-19-12-10(7)11(18)14-9(15-12)4-3-8-5-13-16-17(8)2/h3-6H,1-2H3,(H,14,15,18). The number of nitrogens with one attached hydrogen (secondary N) is 1. The Balaban J connectivity index is 2.05. The third kappa shape index (κ3) is 2.08. The van der Waals surface area contributed by atoms with Gasteiger partial charge in [-0.05, 0) is 30.0 Å². The summed E-state index contributed by atoms with van der Waals surface area (Å²) in [7, 11) is 1.80. The molecule has 7 heteroatoms. The van der Waals surface area contributed by atoms with E-state index in [1.807, 2.05) is 18.4 Å². The normalized spacial score (nSPS) is 11.7. The van der Waals surface area contributed by atoms with Crippen molar-refractivity contribution in [1.82, 2.24) is 25.0 Å². The van der Waals surface area contributed by atoms with E-state index < -0.39 is 0 Å². The molecule has 0 aliphatic rings. The van der Waals surface area contributed by atoms with Crippen molar-refractivity contribution in [3.63, 3.8) is 0 Å². The first-order valence-electron chi connectivity index (χ1n) is 5.66. The van der Waals surface area contributed by atoms with Crippen LogP contribution in [0.4, 0.5) is 0 Å². The van der Waals surface area contributed by atoms with Crippen LogP contribution in [0.1, 0.15) is 17.1 Å². The number of aryl methyl sites for hydroxylation is 2. The number of hydrogen-bond donors (Lipinski definition) is 1. The first kappa shape index (κ1) is 11.8. The SMILES string of the molecule is Cc1csc2nc(C=Cc3cnnn3C)[nH]c(=O)c12. The topological polar surface area (TPSA) is 76.5 Å². The molecule has 0 atom stereocenters. The van der Waals surface area contributed by atoms with Gasteiger partial charge in [0, 0.05) is 7.05 Å². The van der Waals surface area contributed by atoms with Crippen molar-refractivity contribution in [2.24, 2.45) is 7.05 Å². The van der Waals surface area contributed by atoms with Crippen LogP contribution in [0, 0.1) is 6.92 Å². The number of H-pyrrole nitrogens is 1. The molecular formula is C12H11N5OS. The predicted octanol–water partition coefficient (Wildman–Crippen LogP) is 1.59. The number of aromatic amines is 1. The first-order valence-corrected chi connectivity index (χ1v) is 6.54. The molecule has 6 nitrogen and oxygen atoms in total. The van der Waals surface area contributed by atoms with E-state index >= 15 is 0 Å². The van der Waals surface area contributed by atoms with E-state index in [9.17, 15) is 4.79 Å². The summed E-state index contributed by atoms with van der Waals surface area (Å²) in [5.74, 6) is 0.528. The van der Waals surface area contributed by atoms with Gasteiger partial charge in [0.15, 0.2) is 0 Å². The number of thiophene rings is 1. The molecule has 0 spiro atoms. The summed E-state index contributed by atoms with van der Waals surface area (Å²) in [5, 5.41) is 10.2. The van der Waals surface area contributed by atoms with Crippen molar-refractivity contribution in [3.05, 3.63) is 39.0 Å². The van der Waals surface area contributed by atoms with E-state index in [0.717, 1.165) is 16.1 Å². The summed E-state index contributed by atoms with van der Waals surface area (Å²) in [6, 6.07) is 0. The van der Waals surface area contributed by atoms with E-state index in [1.54, 1.807) is 24.0 Å². The van der Waals surface area contributed by atoms with Crippen LogP contribution in [-0.4, -0.2) is 25.0 Å². The molecule has 19 heavy (non-hydrogen) atoms. The molecule has 1 N–H and O–H groups in total. The van der Waals surface area contributed by atoms with Crippen LogP contribution in [-0.2, 0) is 7.05 Å². The zero-order chi connectivity index (χ0) is 13.4. The number of rotatable bonds is 2. The lowest BCUT2D eigenvalue weighted by Gasteiger charge is -1.95. The highest BCUT2D eigenvalue weighted by Crippen LogP contribution is 2.19. The third-order valence-electron chi connectivity index (χ3n) is 2.81. The zero-order valence-electron chi connectivity index (χ0n) is 10.4. The fourth-order valence-electron chi connectivity index (χ4n) is 1.80. The number of hydrogen-bond acceptors (Lipinski definition) is 5. The average molecular weight is 273 g/mol. The second kappa shape index (κ2) is 4.43. The molecule has 3 aromatic heterocycles. The fraction of sp³-hybridized carbons (Fsp3) is 0.167. The molecule has 0 bridgehead atoms. The largest absolute Gasteiger partial charge is 0.306 e. The molecule has 0 aliphatic carbocycles. The van der Waals surface area contributed by atoms with E-state index in [-0.39, 0.29) is 5.56 Å². The fourth-order valence-corrected chi connectivity index (χ4v) is 2.73. The van der Waals surface area contributed by atoms with Gasteiger partial charge in [0.05, 0.1) is 17.3 Å². The first-order chi connectivity index (χ1) is 9.15. The van der Waals surface area contributed by atoms with Gasteiger partial charge in [-0.1, -0.05) is 5.21 Å². The Morgan fingerprint density at radius 2 is 2.26 bits per heavy atom. The second-order valence-electron chi connectivity index (χ2n) is 4.17. The highest BCUT2D eigenvalue weighted by molar-refractivity contribution is 7.16. The van der Waals surface area contributed by atoms with Crippen LogP contribution in [0.25, 0.3) is 22.4 Å². The summed E-state index contributed by atoms with van der Waals surface area (Å²) in [4.78, 5) is 19.9. The van der Waals surface area contributed by atoms with Gasteiger partial charge in [0.2, 0.25) is 0 Å². The number of fused-ring (bicyclic) bond motifs is 1. The Kier molecular flexibility index (Phi) is 2.75. The summed E-state index contributed by atoms with van der Waals surface area (Å²) < 4.78 is 1.64. The lowest BCUT2D eigenvalue weighted by atomic mass is 10.3. The van der Waals surface area contributed by atoms with Gasteiger partial charge in [-0.25, -0.2) is 9.67 Å². The van der Waals surface area contributed by atoms with E-state index in [2.05, 4.69) is 20.3 Å². The molecular weight excluding hydrogens is 262 g/mol. The number of aromatic nitrogens is 5. The summed E-state index contributed by atoms with van der Waals surface area (Å²) in [6.07, 6.45) is 5.20. The second-order valence-corrected chi connectivity index (χ2v) is 5.02. The Bertz CT molecular complexity index is 826. The number of nitrogens with zero attached hydrogens (tertiary/aromatic N) is 4. The maximum Gasteiger partial charge on any atom is 0.260 e. The zero-order valence-corrected chi connectivity index (χ0v) is 11.2. The monoisotopic (exact) mass is 273 g/mol. The maximum absolute atomic E-state index is 12.0. The lowest BCUT2D eigenvalue weighted by molar-refractivity contribution is 0.709. The van der Waals surface area contributed by atoms with E-state index in [0.29, 0.717) is 11.2 Å². The Morgan fingerprint density at radius 1 is 1.42 bits per heavy atom. The van der Waals surface area contributed by atoms with Crippen molar-refractivity contribution < 1.29 is 0 Å². The molecule has 0 amide bonds. The molecule has 0 aromatic carbocycles. The Labute approximate surface area is 112 Å². The van der Waals surface area contributed by atoms with E-state index in [1.165, 1.54) is 11.3 Å². The van der Waals surface area contributed by atoms with Crippen molar-refractivity contribution in [3.8, 4) is 0 Å². The third-order valence-corrected chi connectivity index (χ3v) is 3.80. The van der Waals surface area contributed by atoms with Crippen molar-refractivity contribution in [2.75, 3.05) is 0 Å². The molecule has 3 heterocycles. The molecule has 0 saturated carbocycles. The van der Waals surface area contributed by atoms with Gasteiger partial charge in [-0.15, -0.1) is 16.4 Å². The highest BCUT2D eigenvalue weighted by Gasteiger charge is 2.07. The predicted molar refractivity (Wildman–Crippen MR) is 74.9 cm³/mol. The average Bonchev–Trinajstić information content (AvgIpc) is 2.94. The molecule has 3 aromatic rings. The Hall–Kier alpha value is -2.28. The van der Waals surface area contributed by atoms with Crippen LogP contribution >= 0.6 is 11.3 Å². The molecule has 96 valence electrons. The highest BCUT2D eigenvalue weighted by atomic mass is 32.1. The summed E-state index contributed by atoms with van der Waals surface area (Å²) in [6.45, 7) is 1.91. The lowest BCUT2D eigenvalue weighted by Crippen LogP contribution is -2.09. The summed E-state index contributed by atoms with van der Waals surface area (Å²) >= 11 is 1.47. The van der Waals surface area contributed by atoms with Gasteiger partial charge in [-0.3, -0.25) is 4.79 Å². The molecule has 0 saturated heterocycles. The molecule has 0 fully saturated rings. The molecule has 0 aliphatic heterocycles.